The number of aryl methyl sites for hydroxylation is 1. The van der Waals surface area contributed by atoms with Crippen LogP contribution in [0.3, 0.4) is 0 Å². The summed E-state index contributed by atoms with van der Waals surface area (Å²) in [5.74, 6) is 0.157. The van der Waals surface area contributed by atoms with Gasteiger partial charge in [0.25, 0.3) is 5.91 Å². The van der Waals surface area contributed by atoms with Gasteiger partial charge in [-0.15, -0.1) is 0 Å². The number of halogens is 1. The predicted molar refractivity (Wildman–Crippen MR) is 111 cm³/mol. The quantitative estimate of drug-likeness (QED) is 0.690. The largest absolute Gasteiger partial charge is 0.484 e. The highest BCUT2D eigenvalue weighted by molar-refractivity contribution is 6.30. The minimum atomic E-state index is -0.553. The van der Waals surface area contributed by atoms with Crippen LogP contribution in [-0.2, 0) is 16.1 Å². The van der Waals surface area contributed by atoms with Crippen LogP contribution in [0.2, 0.25) is 5.02 Å². The van der Waals surface area contributed by atoms with Crippen molar-refractivity contribution in [2.45, 2.75) is 39.8 Å². The average molecular weight is 403 g/mol. The van der Waals surface area contributed by atoms with Crippen LogP contribution in [0.1, 0.15) is 31.4 Å². The van der Waals surface area contributed by atoms with Crippen LogP contribution >= 0.6 is 11.6 Å². The molecule has 0 bridgehead atoms. The molecular formula is C22H27ClN2O3. The zero-order valence-electron chi connectivity index (χ0n) is 16.6. The monoisotopic (exact) mass is 402 g/mol. The Morgan fingerprint density at radius 3 is 2.29 bits per heavy atom. The summed E-state index contributed by atoms with van der Waals surface area (Å²) in [4.78, 5) is 27.1. The fourth-order valence-electron chi connectivity index (χ4n) is 2.86. The van der Waals surface area contributed by atoms with Gasteiger partial charge in [0.1, 0.15) is 11.8 Å². The first-order valence-electron chi connectivity index (χ1n) is 9.45. The van der Waals surface area contributed by atoms with Crippen molar-refractivity contribution in [3.63, 3.8) is 0 Å². The molecule has 0 saturated heterocycles. The average Bonchev–Trinajstić information content (AvgIpc) is 2.69. The maximum absolute atomic E-state index is 13.0. The highest BCUT2D eigenvalue weighted by Gasteiger charge is 2.28. The molecule has 2 amide bonds. The number of likely N-dealkylation sites (N-methyl/N-ethyl adjacent to an activating group) is 1. The van der Waals surface area contributed by atoms with Crippen LogP contribution in [0, 0.1) is 6.92 Å². The fourth-order valence-corrected chi connectivity index (χ4v) is 2.99. The third-order valence-corrected chi connectivity index (χ3v) is 4.64. The van der Waals surface area contributed by atoms with Gasteiger partial charge in [0.2, 0.25) is 5.91 Å². The molecule has 1 N–H and O–H groups in total. The summed E-state index contributed by atoms with van der Waals surface area (Å²) >= 11 is 5.88. The minimum Gasteiger partial charge on any atom is -0.484 e. The molecule has 0 aliphatic carbocycles. The summed E-state index contributed by atoms with van der Waals surface area (Å²) in [6, 6.07) is 14.2. The lowest BCUT2D eigenvalue weighted by Crippen LogP contribution is -2.50. The lowest BCUT2D eigenvalue weighted by atomic mass is 10.1. The number of carbonyl (C=O) groups excluding carboxylic acids is 2. The smallest absolute Gasteiger partial charge is 0.261 e. The Morgan fingerprint density at radius 1 is 1.07 bits per heavy atom. The zero-order chi connectivity index (χ0) is 20.5. The van der Waals surface area contributed by atoms with Crippen molar-refractivity contribution in [2.24, 2.45) is 0 Å². The number of amides is 2. The number of hydrogen-bond acceptors (Lipinski definition) is 3. The number of nitrogens with one attached hydrogen (secondary N) is 1. The van der Waals surface area contributed by atoms with Gasteiger partial charge in [-0.05, 0) is 50.1 Å². The van der Waals surface area contributed by atoms with Crippen LogP contribution in [-0.4, -0.2) is 35.9 Å². The number of hydrogen-bond donors (Lipinski definition) is 1. The normalized spacial score (nSPS) is 11.6. The van der Waals surface area contributed by atoms with Crippen molar-refractivity contribution in [1.82, 2.24) is 10.2 Å². The van der Waals surface area contributed by atoms with E-state index in [0.717, 1.165) is 11.1 Å². The summed E-state index contributed by atoms with van der Waals surface area (Å²) in [5.41, 5.74) is 2.11. The molecule has 28 heavy (non-hydrogen) atoms. The number of ether oxygens (including phenoxy) is 1. The summed E-state index contributed by atoms with van der Waals surface area (Å²) in [7, 11) is 0. The van der Waals surface area contributed by atoms with Gasteiger partial charge in [0, 0.05) is 18.1 Å². The van der Waals surface area contributed by atoms with Gasteiger partial charge in [-0.2, -0.15) is 0 Å². The van der Waals surface area contributed by atoms with Crippen LogP contribution in [0.5, 0.6) is 5.75 Å². The van der Waals surface area contributed by atoms with E-state index in [-0.39, 0.29) is 18.4 Å². The molecule has 0 aliphatic rings. The third kappa shape index (κ3) is 6.27. The Hall–Kier alpha value is -2.53. The van der Waals surface area contributed by atoms with Crippen LogP contribution in [0.25, 0.3) is 0 Å². The molecule has 150 valence electrons. The van der Waals surface area contributed by atoms with E-state index in [2.05, 4.69) is 5.32 Å². The molecule has 0 radical (unpaired) electrons. The Balaban J connectivity index is 2.16. The van der Waals surface area contributed by atoms with E-state index < -0.39 is 6.04 Å². The van der Waals surface area contributed by atoms with Gasteiger partial charge >= 0.3 is 0 Å². The van der Waals surface area contributed by atoms with Gasteiger partial charge < -0.3 is 15.0 Å². The van der Waals surface area contributed by atoms with E-state index in [1.807, 2.05) is 45.0 Å². The van der Waals surface area contributed by atoms with Crippen LogP contribution < -0.4 is 10.1 Å². The highest BCUT2D eigenvalue weighted by Crippen LogP contribution is 2.17. The molecule has 0 unspecified atom stereocenters. The molecule has 2 aromatic carbocycles. The Kier molecular flexibility index (Phi) is 8.33. The molecule has 6 heteroatoms. The van der Waals surface area contributed by atoms with Crippen molar-refractivity contribution in [3.05, 3.63) is 64.7 Å². The second kappa shape index (κ2) is 10.7. The van der Waals surface area contributed by atoms with Gasteiger partial charge in [-0.1, -0.05) is 48.4 Å². The minimum absolute atomic E-state index is 0.149. The molecule has 0 fully saturated rings. The van der Waals surface area contributed by atoms with Gasteiger partial charge in [-0.3, -0.25) is 9.59 Å². The maximum Gasteiger partial charge on any atom is 0.261 e. The van der Waals surface area contributed by atoms with Crippen molar-refractivity contribution in [1.29, 1.82) is 0 Å². The fraction of sp³-hybridized carbons (Fsp3) is 0.364. The molecule has 2 rings (SSSR count). The molecule has 1 atom stereocenters. The Labute approximate surface area is 171 Å². The molecule has 5 nitrogen and oxygen atoms in total. The van der Waals surface area contributed by atoms with Crippen molar-refractivity contribution >= 4 is 23.4 Å². The van der Waals surface area contributed by atoms with E-state index >= 15 is 0 Å². The summed E-state index contributed by atoms with van der Waals surface area (Å²) in [6.45, 7) is 6.48. The topological polar surface area (TPSA) is 58.6 Å². The van der Waals surface area contributed by atoms with Gasteiger partial charge in [-0.25, -0.2) is 0 Å². The lowest BCUT2D eigenvalue weighted by Gasteiger charge is -2.30. The second-order valence-electron chi connectivity index (χ2n) is 6.57. The molecule has 0 heterocycles. The maximum atomic E-state index is 13.0. The first-order chi connectivity index (χ1) is 13.4. The number of nitrogens with zero attached hydrogens (tertiary/aromatic N) is 1. The Morgan fingerprint density at radius 2 is 1.71 bits per heavy atom. The van der Waals surface area contributed by atoms with E-state index in [9.17, 15) is 9.59 Å². The van der Waals surface area contributed by atoms with E-state index in [0.29, 0.717) is 30.3 Å². The summed E-state index contributed by atoms with van der Waals surface area (Å²) in [6.07, 6.45) is 0.518. The zero-order valence-corrected chi connectivity index (χ0v) is 17.3. The Bertz CT molecular complexity index is 775. The first-order valence-corrected chi connectivity index (χ1v) is 9.83. The summed E-state index contributed by atoms with van der Waals surface area (Å²) < 4.78 is 5.61. The molecule has 2 aromatic rings. The lowest BCUT2D eigenvalue weighted by molar-refractivity contribution is -0.142. The molecular weight excluding hydrogens is 376 g/mol. The molecule has 0 aliphatic heterocycles. The second-order valence-corrected chi connectivity index (χ2v) is 7.00. The van der Waals surface area contributed by atoms with E-state index in [1.165, 1.54) is 0 Å². The third-order valence-electron chi connectivity index (χ3n) is 4.39. The SMILES string of the molecule is CCNC(=O)[C@H](CC)N(Cc1ccc(C)cc1)C(=O)COc1ccc(Cl)cc1. The van der Waals surface area contributed by atoms with Crippen LogP contribution in [0.15, 0.2) is 48.5 Å². The van der Waals surface area contributed by atoms with E-state index in [1.54, 1.807) is 29.2 Å². The summed E-state index contributed by atoms with van der Waals surface area (Å²) in [5, 5.41) is 3.42. The highest BCUT2D eigenvalue weighted by atomic mass is 35.5. The van der Waals surface area contributed by atoms with Crippen molar-refractivity contribution in [3.8, 4) is 5.75 Å². The molecule has 0 spiro atoms. The molecule has 0 aromatic heterocycles. The molecule has 0 saturated carbocycles. The van der Waals surface area contributed by atoms with Crippen LogP contribution in [0.4, 0.5) is 0 Å². The number of rotatable bonds is 9. The van der Waals surface area contributed by atoms with Crippen molar-refractivity contribution in [2.75, 3.05) is 13.2 Å². The van der Waals surface area contributed by atoms with Crippen molar-refractivity contribution < 1.29 is 14.3 Å². The van der Waals surface area contributed by atoms with Gasteiger partial charge in [0.05, 0.1) is 0 Å². The standard InChI is InChI=1S/C22H27ClN2O3/c1-4-20(22(27)24-5-2)25(14-17-8-6-16(3)7-9-17)21(26)15-28-19-12-10-18(23)11-13-19/h6-13,20H,4-5,14-15H2,1-3H3,(H,24,27)/t20-/m0/s1. The number of benzene rings is 2. The number of carbonyl (C=O) groups is 2. The first kappa shape index (κ1) is 21.8. The van der Waals surface area contributed by atoms with E-state index in [4.69, 9.17) is 16.3 Å². The van der Waals surface area contributed by atoms with Gasteiger partial charge in [0.15, 0.2) is 6.61 Å². The predicted octanol–water partition coefficient (Wildman–Crippen LogP) is 3.97.